The van der Waals surface area contributed by atoms with Gasteiger partial charge in [0.05, 0.1) is 12.7 Å². The van der Waals surface area contributed by atoms with Gasteiger partial charge in [-0.05, 0) is 38.2 Å². The highest BCUT2D eigenvalue weighted by Crippen LogP contribution is 2.21. The Kier molecular flexibility index (Phi) is 11.8. The van der Waals surface area contributed by atoms with Crippen molar-refractivity contribution in [2.24, 2.45) is 11.8 Å². The summed E-state index contributed by atoms with van der Waals surface area (Å²) in [4.78, 5) is 21.7. The van der Waals surface area contributed by atoms with Crippen molar-refractivity contribution >= 4 is 11.9 Å². The Morgan fingerprint density at radius 3 is 2.16 bits per heavy atom. The lowest BCUT2D eigenvalue weighted by Crippen LogP contribution is -2.32. The standard InChI is InChI=1S/C19H32O6/c1-13(9-14(2)10-15(3)11-18(21)22)7-5-6-8-17(25-4)16(12-20)19(23)24/h10-11,13,16-17,20H,5-9,12H2,1-4H3,(H,21,22)(H,23,24)/b14-10+,15-11+/t13-,16+,17+/m0/s1. The molecular formula is C19H32O6. The third-order valence-electron chi connectivity index (χ3n) is 4.20. The molecule has 3 atom stereocenters. The number of aliphatic hydroxyl groups is 1. The van der Waals surface area contributed by atoms with E-state index in [1.807, 2.05) is 13.0 Å². The van der Waals surface area contributed by atoms with Crippen molar-refractivity contribution in [1.82, 2.24) is 0 Å². The molecule has 0 bridgehead atoms. The van der Waals surface area contributed by atoms with Gasteiger partial charge in [-0.2, -0.15) is 0 Å². The van der Waals surface area contributed by atoms with Gasteiger partial charge in [-0.1, -0.05) is 37.8 Å². The molecule has 0 spiro atoms. The predicted molar refractivity (Wildman–Crippen MR) is 96.4 cm³/mol. The van der Waals surface area contributed by atoms with Gasteiger partial charge in [0.15, 0.2) is 0 Å². The van der Waals surface area contributed by atoms with Gasteiger partial charge in [0, 0.05) is 13.2 Å². The maximum Gasteiger partial charge on any atom is 0.328 e. The van der Waals surface area contributed by atoms with E-state index in [9.17, 15) is 9.59 Å². The van der Waals surface area contributed by atoms with Crippen molar-refractivity contribution in [3.8, 4) is 0 Å². The van der Waals surface area contributed by atoms with Crippen LogP contribution >= 0.6 is 0 Å². The van der Waals surface area contributed by atoms with E-state index < -0.39 is 30.6 Å². The minimum atomic E-state index is -1.03. The summed E-state index contributed by atoms with van der Waals surface area (Å²) >= 11 is 0. The molecule has 3 N–H and O–H groups in total. The van der Waals surface area contributed by atoms with Crippen LogP contribution in [-0.2, 0) is 14.3 Å². The van der Waals surface area contributed by atoms with Gasteiger partial charge in [-0.15, -0.1) is 0 Å². The van der Waals surface area contributed by atoms with Gasteiger partial charge in [0.25, 0.3) is 0 Å². The molecule has 0 fully saturated rings. The van der Waals surface area contributed by atoms with E-state index in [2.05, 4.69) is 6.92 Å². The quantitative estimate of drug-likeness (QED) is 0.266. The third kappa shape index (κ3) is 10.7. The van der Waals surface area contributed by atoms with Gasteiger partial charge in [0.2, 0.25) is 0 Å². The molecule has 0 aliphatic rings. The van der Waals surface area contributed by atoms with E-state index in [0.717, 1.165) is 36.8 Å². The molecule has 0 amide bonds. The Bertz CT molecular complexity index is 480. The number of aliphatic carboxylic acids is 2. The summed E-state index contributed by atoms with van der Waals surface area (Å²) in [5.74, 6) is -2.39. The highest BCUT2D eigenvalue weighted by atomic mass is 16.5. The van der Waals surface area contributed by atoms with Crippen molar-refractivity contribution in [2.45, 2.75) is 59.0 Å². The fourth-order valence-electron chi connectivity index (χ4n) is 3.01. The van der Waals surface area contributed by atoms with E-state index in [4.69, 9.17) is 20.1 Å². The molecule has 0 aromatic heterocycles. The number of rotatable bonds is 13. The average Bonchev–Trinajstić information content (AvgIpc) is 2.48. The summed E-state index contributed by atoms with van der Waals surface area (Å²) in [6, 6.07) is 0. The lowest BCUT2D eigenvalue weighted by Gasteiger charge is -2.21. The number of ether oxygens (including phenoxy) is 1. The van der Waals surface area contributed by atoms with Crippen LogP contribution in [0.3, 0.4) is 0 Å². The number of carboxylic acid groups (broad SMARTS) is 2. The van der Waals surface area contributed by atoms with Gasteiger partial charge in [-0.25, -0.2) is 4.79 Å². The van der Waals surface area contributed by atoms with Crippen molar-refractivity contribution in [1.29, 1.82) is 0 Å². The first-order chi connectivity index (χ1) is 11.7. The number of aliphatic hydroxyl groups excluding tert-OH is 1. The summed E-state index contributed by atoms with van der Waals surface area (Å²) in [6.07, 6.45) is 6.92. The fraction of sp³-hybridized carbons (Fsp3) is 0.684. The largest absolute Gasteiger partial charge is 0.481 e. The van der Waals surface area contributed by atoms with Crippen LogP contribution in [0.5, 0.6) is 0 Å². The van der Waals surface area contributed by atoms with Crippen LogP contribution in [0.2, 0.25) is 0 Å². The second-order valence-electron chi connectivity index (χ2n) is 6.71. The molecule has 0 unspecified atom stereocenters. The number of carboxylic acids is 2. The first-order valence-corrected chi connectivity index (χ1v) is 8.66. The van der Waals surface area contributed by atoms with Gasteiger partial charge < -0.3 is 20.1 Å². The molecule has 0 aromatic carbocycles. The molecule has 0 heterocycles. The smallest absolute Gasteiger partial charge is 0.328 e. The topological polar surface area (TPSA) is 104 Å². The minimum Gasteiger partial charge on any atom is -0.481 e. The summed E-state index contributed by atoms with van der Waals surface area (Å²) in [7, 11) is 1.47. The molecule has 144 valence electrons. The van der Waals surface area contributed by atoms with Crippen LogP contribution in [0.15, 0.2) is 23.3 Å². The molecule has 25 heavy (non-hydrogen) atoms. The number of methoxy groups -OCH3 is 1. The molecule has 0 aromatic rings. The van der Waals surface area contributed by atoms with Crippen LogP contribution in [0.1, 0.15) is 52.9 Å². The van der Waals surface area contributed by atoms with E-state index in [0.29, 0.717) is 12.3 Å². The predicted octanol–water partition coefficient (Wildman–Crippen LogP) is 3.26. The molecule has 6 nitrogen and oxygen atoms in total. The molecule has 0 saturated carbocycles. The van der Waals surface area contributed by atoms with E-state index in [1.54, 1.807) is 6.92 Å². The normalized spacial score (nSPS) is 16.4. The molecule has 0 saturated heterocycles. The summed E-state index contributed by atoms with van der Waals surface area (Å²) in [6.45, 7) is 5.50. The fourth-order valence-corrected chi connectivity index (χ4v) is 3.01. The number of unbranched alkanes of at least 4 members (excludes halogenated alkanes) is 1. The SMILES string of the molecule is CO[C@H](CCCC[C@H](C)C/C(C)=C/C(C)=C/C(=O)O)[C@@H](CO)C(=O)O. The Morgan fingerprint density at radius 2 is 1.68 bits per heavy atom. The average molecular weight is 356 g/mol. The molecule has 0 radical (unpaired) electrons. The van der Waals surface area contributed by atoms with Crippen LogP contribution < -0.4 is 0 Å². The van der Waals surface area contributed by atoms with E-state index >= 15 is 0 Å². The third-order valence-corrected chi connectivity index (χ3v) is 4.20. The highest BCUT2D eigenvalue weighted by Gasteiger charge is 2.26. The van der Waals surface area contributed by atoms with E-state index in [1.165, 1.54) is 13.2 Å². The maximum absolute atomic E-state index is 11.1. The highest BCUT2D eigenvalue weighted by molar-refractivity contribution is 5.81. The zero-order valence-electron chi connectivity index (χ0n) is 15.7. The monoisotopic (exact) mass is 356 g/mol. The zero-order chi connectivity index (χ0) is 19.4. The molecule has 0 aliphatic heterocycles. The van der Waals surface area contributed by atoms with Gasteiger partial charge in [0.1, 0.15) is 5.92 Å². The Hall–Kier alpha value is -1.66. The molecular weight excluding hydrogens is 324 g/mol. The van der Waals surface area contributed by atoms with Crippen molar-refractivity contribution < 1.29 is 29.6 Å². The maximum atomic E-state index is 11.1. The number of hydrogen-bond donors (Lipinski definition) is 3. The molecule has 6 heteroatoms. The van der Waals surface area contributed by atoms with Gasteiger partial charge >= 0.3 is 11.9 Å². The van der Waals surface area contributed by atoms with Crippen molar-refractivity contribution in [3.05, 3.63) is 23.3 Å². The van der Waals surface area contributed by atoms with Crippen molar-refractivity contribution in [3.63, 3.8) is 0 Å². The van der Waals surface area contributed by atoms with Gasteiger partial charge in [-0.3, -0.25) is 4.79 Å². The Labute approximate surface area is 150 Å². The first kappa shape index (κ1) is 23.3. The lowest BCUT2D eigenvalue weighted by atomic mass is 9.93. The lowest BCUT2D eigenvalue weighted by molar-refractivity contribution is -0.149. The first-order valence-electron chi connectivity index (χ1n) is 8.66. The van der Waals surface area contributed by atoms with Crippen LogP contribution in [-0.4, -0.2) is 47.1 Å². The Balaban J connectivity index is 4.26. The number of hydrogen-bond acceptors (Lipinski definition) is 4. The number of allylic oxidation sites excluding steroid dienone is 3. The zero-order valence-corrected chi connectivity index (χ0v) is 15.7. The molecule has 0 rings (SSSR count). The van der Waals surface area contributed by atoms with Crippen molar-refractivity contribution in [2.75, 3.05) is 13.7 Å². The van der Waals surface area contributed by atoms with Crippen LogP contribution in [0.25, 0.3) is 0 Å². The second-order valence-corrected chi connectivity index (χ2v) is 6.71. The van der Waals surface area contributed by atoms with Crippen LogP contribution in [0, 0.1) is 11.8 Å². The summed E-state index contributed by atoms with van der Waals surface area (Å²) < 4.78 is 5.21. The number of carbonyl (C=O) groups is 2. The summed E-state index contributed by atoms with van der Waals surface area (Å²) in [5.41, 5.74) is 1.87. The summed E-state index contributed by atoms with van der Waals surface area (Å²) in [5, 5.41) is 26.9. The minimum absolute atomic E-state index is 0.419. The van der Waals surface area contributed by atoms with Crippen LogP contribution in [0.4, 0.5) is 0 Å². The molecule has 0 aliphatic carbocycles. The second kappa shape index (κ2) is 12.7. The van der Waals surface area contributed by atoms with E-state index in [-0.39, 0.29) is 0 Å². The Morgan fingerprint density at radius 1 is 1.08 bits per heavy atom.